The molecule has 0 saturated carbocycles. The first-order chi connectivity index (χ1) is 12.5. The second kappa shape index (κ2) is 8.64. The van der Waals surface area contributed by atoms with E-state index >= 15 is 0 Å². The molecule has 2 aromatic heterocycles. The molecule has 0 aliphatic heterocycles. The van der Waals surface area contributed by atoms with Crippen molar-refractivity contribution in [2.75, 3.05) is 10.6 Å². The van der Waals surface area contributed by atoms with Crippen molar-refractivity contribution in [1.82, 2.24) is 15.0 Å². The molecule has 3 rings (SSSR count). The van der Waals surface area contributed by atoms with Gasteiger partial charge in [0.25, 0.3) is 0 Å². The molecule has 2 heterocycles. The minimum absolute atomic E-state index is 0.275. The molecule has 0 fully saturated rings. The van der Waals surface area contributed by atoms with Gasteiger partial charge < -0.3 is 10.6 Å². The van der Waals surface area contributed by atoms with E-state index in [0.717, 1.165) is 26.9 Å². The number of halogens is 2. The number of hydrogen-bond acceptors (Lipinski definition) is 5. The topological polar surface area (TPSA) is 62.7 Å². The van der Waals surface area contributed by atoms with Gasteiger partial charge in [-0.15, -0.1) is 0 Å². The smallest absolute Gasteiger partial charge is 0.225 e. The van der Waals surface area contributed by atoms with Crippen LogP contribution >= 0.6 is 34.2 Å². The van der Waals surface area contributed by atoms with E-state index in [4.69, 9.17) is 11.6 Å². The Hall–Kier alpha value is -1.93. The Kier molecular flexibility index (Phi) is 6.26. The Morgan fingerprint density at radius 3 is 2.58 bits per heavy atom. The summed E-state index contributed by atoms with van der Waals surface area (Å²) in [5.41, 5.74) is 2.60. The zero-order valence-electron chi connectivity index (χ0n) is 14.5. The highest BCUT2D eigenvalue weighted by Gasteiger charge is 2.10. The monoisotopic (exact) mass is 479 g/mol. The molecule has 0 amide bonds. The van der Waals surface area contributed by atoms with Gasteiger partial charge in [0.05, 0.1) is 16.4 Å². The van der Waals surface area contributed by atoms with Gasteiger partial charge >= 0.3 is 0 Å². The highest BCUT2D eigenvalue weighted by molar-refractivity contribution is 14.1. The summed E-state index contributed by atoms with van der Waals surface area (Å²) >= 11 is 8.58. The van der Waals surface area contributed by atoms with E-state index in [0.29, 0.717) is 16.8 Å². The van der Waals surface area contributed by atoms with Gasteiger partial charge in [-0.3, -0.25) is 4.98 Å². The standard InChI is InChI=1S/C19H19ClIN5/c1-3-12(2)23-19-25-17(13-6-8-22-9-7-13)11-18(26-19)24-16-5-4-14(21)10-15(16)20/h4-12H,3H2,1-2H3,(H2,23,24,25,26)/t12-/m1/s1. The van der Waals surface area contributed by atoms with Gasteiger partial charge in [0.15, 0.2) is 0 Å². The molecule has 1 aromatic carbocycles. The maximum absolute atomic E-state index is 6.35. The predicted molar refractivity (Wildman–Crippen MR) is 116 cm³/mol. The lowest BCUT2D eigenvalue weighted by molar-refractivity contribution is 0.753. The summed E-state index contributed by atoms with van der Waals surface area (Å²) in [6.45, 7) is 4.22. The van der Waals surface area contributed by atoms with Crippen molar-refractivity contribution in [2.45, 2.75) is 26.3 Å². The van der Waals surface area contributed by atoms with E-state index in [1.807, 2.05) is 36.4 Å². The third kappa shape index (κ3) is 4.82. The summed E-state index contributed by atoms with van der Waals surface area (Å²) in [4.78, 5) is 13.3. The van der Waals surface area contributed by atoms with Gasteiger partial charge in [0.2, 0.25) is 5.95 Å². The predicted octanol–water partition coefficient (Wildman–Crippen LogP) is 5.75. The molecule has 134 valence electrons. The first-order valence-corrected chi connectivity index (χ1v) is 9.79. The first kappa shape index (κ1) is 18.8. The van der Waals surface area contributed by atoms with Crippen molar-refractivity contribution in [3.05, 3.63) is 57.4 Å². The first-order valence-electron chi connectivity index (χ1n) is 8.33. The lowest BCUT2D eigenvalue weighted by atomic mass is 10.2. The van der Waals surface area contributed by atoms with Crippen LogP contribution in [0.15, 0.2) is 48.8 Å². The van der Waals surface area contributed by atoms with E-state index in [2.05, 4.69) is 62.0 Å². The Bertz CT molecular complexity index is 888. The van der Waals surface area contributed by atoms with Crippen LogP contribution in [0.3, 0.4) is 0 Å². The number of rotatable bonds is 6. The second-order valence-electron chi connectivity index (χ2n) is 5.90. The minimum Gasteiger partial charge on any atom is -0.352 e. The fraction of sp³-hybridized carbons (Fsp3) is 0.211. The summed E-state index contributed by atoms with van der Waals surface area (Å²) < 4.78 is 1.08. The second-order valence-corrected chi connectivity index (χ2v) is 7.55. The Balaban J connectivity index is 1.98. The molecule has 7 heteroatoms. The molecule has 0 unspecified atom stereocenters. The zero-order chi connectivity index (χ0) is 18.5. The molecule has 0 radical (unpaired) electrons. The van der Waals surface area contributed by atoms with Crippen molar-refractivity contribution in [2.24, 2.45) is 0 Å². The number of anilines is 3. The Labute approximate surface area is 171 Å². The number of aromatic nitrogens is 3. The third-order valence-electron chi connectivity index (χ3n) is 3.88. The van der Waals surface area contributed by atoms with E-state index in [9.17, 15) is 0 Å². The molecule has 0 aliphatic rings. The largest absolute Gasteiger partial charge is 0.352 e. The number of benzene rings is 1. The normalized spacial score (nSPS) is 11.8. The van der Waals surface area contributed by atoms with Crippen LogP contribution in [0.1, 0.15) is 20.3 Å². The molecule has 3 aromatic rings. The molecule has 2 N–H and O–H groups in total. The van der Waals surface area contributed by atoms with Gasteiger partial charge in [0, 0.05) is 33.6 Å². The lowest BCUT2D eigenvalue weighted by Gasteiger charge is -2.15. The van der Waals surface area contributed by atoms with E-state index < -0.39 is 0 Å². The average Bonchev–Trinajstić information content (AvgIpc) is 2.64. The molecule has 0 aliphatic carbocycles. The molecule has 0 saturated heterocycles. The Morgan fingerprint density at radius 2 is 1.88 bits per heavy atom. The molecule has 0 bridgehead atoms. The molecular formula is C19H19ClIN5. The van der Waals surface area contributed by atoms with Crippen LogP contribution < -0.4 is 10.6 Å². The van der Waals surface area contributed by atoms with Gasteiger partial charge in [-0.1, -0.05) is 18.5 Å². The zero-order valence-corrected chi connectivity index (χ0v) is 17.4. The van der Waals surface area contributed by atoms with Crippen molar-refractivity contribution < 1.29 is 0 Å². The van der Waals surface area contributed by atoms with Crippen molar-refractivity contribution in [3.63, 3.8) is 0 Å². The maximum atomic E-state index is 6.35. The number of nitrogens with one attached hydrogen (secondary N) is 2. The minimum atomic E-state index is 0.275. The Morgan fingerprint density at radius 1 is 1.12 bits per heavy atom. The lowest BCUT2D eigenvalue weighted by Crippen LogP contribution is -2.16. The number of pyridine rings is 1. The van der Waals surface area contributed by atoms with Gasteiger partial charge in [-0.05, 0) is 66.3 Å². The summed E-state index contributed by atoms with van der Waals surface area (Å²) in [7, 11) is 0. The highest BCUT2D eigenvalue weighted by Crippen LogP contribution is 2.28. The molecule has 5 nitrogen and oxygen atoms in total. The van der Waals surface area contributed by atoms with Crippen LogP contribution in [0.25, 0.3) is 11.3 Å². The summed E-state index contributed by atoms with van der Waals surface area (Å²) in [5.74, 6) is 1.26. The van der Waals surface area contributed by atoms with Crippen LogP contribution in [0.4, 0.5) is 17.5 Å². The number of hydrogen-bond donors (Lipinski definition) is 2. The van der Waals surface area contributed by atoms with E-state index in [-0.39, 0.29) is 6.04 Å². The van der Waals surface area contributed by atoms with Crippen LogP contribution in [-0.2, 0) is 0 Å². The van der Waals surface area contributed by atoms with Crippen molar-refractivity contribution >= 4 is 51.6 Å². The van der Waals surface area contributed by atoms with E-state index in [1.165, 1.54) is 0 Å². The van der Waals surface area contributed by atoms with Crippen LogP contribution in [0.5, 0.6) is 0 Å². The quantitative estimate of drug-likeness (QED) is 0.441. The van der Waals surface area contributed by atoms with Gasteiger partial charge in [-0.2, -0.15) is 4.98 Å². The summed E-state index contributed by atoms with van der Waals surface area (Å²) in [6.07, 6.45) is 4.49. The third-order valence-corrected chi connectivity index (χ3v) is 4.87. The highest BCUT2D eigenvalue weighted by atomic mass is 127. The average molecular weight is 480 g/mol. The fourth-order valence-electron chi connectivity index (χ4n) is 2.30. The van der Waals surface area contributed by atoms with Gasteiger partial charge in [0.1, 0.15) is 5.82 Å². The SMILES string of the molecule is CC[C@@H](C)Nc1nc(Nc2ccc(I)cc2Cl)cc(-c2ccncc2)n1. The summed E-state index contributed by atoms with van der Waals surface area (Å²) in [5, 5.41) is 7.29. The molecule has 1 atom stereocenters. The maximum Gasteiger partial charge on any atom is 0.225 e. The number of nitrogens with zero attached hydrogens (tertiary/aromatic N) is 3. The van der Waals surface area contributed by atoms with Crippen LogP contribution in [0, 0.1) is 3.57 Å². The van der Waals surface area contributed by atoms with Crippen molar-refractivity contribution in [3.8, 4) is 11.3 Å². The molecule has 26 heavy (non-hydrogen) atoms. The van der Waals surface area contributed by atoms with Crippen LogP contribution in [0.2, 0.25) is 5.02 Å². The molecule has 0 spiro atoms. The molecular weight excluding hydrogens is 461 g/mol. The fourth-order valence-corrected chi connectivity index (χ4v) is 3.20. The van der Waals surface area contributed by atoms with Gasteiger partial charge in [-0.25, -0.2) is 4.98 Å². The van der Waals surface area contributed by atoms with Crippen LogP contribution in [-0.4, -0.2) is 21.0 Å². The van der Waals surface area contributed by atoms with E-state index in [1.54, 1.807) is 12.4 Å². The van der Waals surface area contributed by atoms with Crippen molar-refractivity contribution in [1.29, 1.82) is 0 Å². The summed E-state index contributed by atoms with van der Waals surface area (Å²) in [6, 6.07) is 11.9.